The van der Waals surface area contributed by atoms with E-state index in [0.29, 0.717) is 0 Å². The lowest BCUT2D eigenvalue weighted by Crippen LogP contribution is -2.47. The second kappa shape index (κ2) is 6.78. The van der Waals surface area contributed by atoms with Crippen molar-refractivity contribution in [2.45, 2.75) is 31.8 Å². The van der Waals surface area contributed by atoms with Crippen LogP contribution in [0.25, 0.3) is 0 Å². The van der Waals surface area contributed by atoms with E-state index in [1.54, 1.807) is 0 Å². The Labute approximate surface area is 93.4 Å². The molecular weight excluding hydrogens is 214 g/mol. The van der Waals surface area contributed by atoms with Crippen molar-refractivity contribution in [1.29, 1.82) is 0 Å². The van der Waals surface area contributed by atoms with Crippen LogP contribution in [0.2, 0.25) is 0 Å². The third-order valence-electron chi connectivity index (χ3n) is 1.97. The molecule has 0 fully saturated rings. The van der Waals surface area contributed by atoms with Gasteiger partial charge in [-0.25, -0.2) is 4.79 Å². The van der Waals surface area contributed by atoms with Crippen LogP contribution in [0.4, 0.5) is 0 Å². The van der Waals surface area contributed by atoms with Gasteiger partial charge in [0.2, 0.25) is 11.8 Å². The summed E-state index contributed by atoms with van der Waals surface area (Å²) in [5.41, 5.74) is 5.28. The van der Waals surface area contributed by atoms with Crippen molar-refractivity contribution in [3.05, 3.63) is 0 Å². The molecule has 92 valence electrons. The number of carbonyl (C=O) groups is 3. The minimum absolute atomic E-state index is 0.0344. The highest BCUT2D eigenvalue weighted by molar-refractivity contribution is 5.87. The van der Waals surface area contributed by atoms with E-state index in [-0.39, 0.29) is 18.7 Å². The Bertz CT molecular complexity index is 278. The molecule has 0 aliphatic carbocycles. The van der Waals surface area contributed by atoms with Crippen LogP contribution in [0.1, 0.15) is 19.8 Å². The van der Waals surface area contributed by atoms with E-state index in [0.717, 1.165) is 0 Å². The summed E-state index contributed by atoms with van der Waals surface area (Å²) in [7, 11) is 1.46. The Kier molecular flexibility index (Phi) is 6.09. The fourth-order valence-corrected chi connectivity index (χ4v) is 0.961. The van der Waals surface area contributed by atoms with Gasteiger partial charge in [-0.15, -0.1) is 0 Å². The van der Waals surface area contributed by atoms with E-state index in [1.807, 2.05) is 0 Å². The SMILES string of the molecule is CNC(=O)CC[C@H](NC(=O)[C@H](C)N)C(=O)O. The zero-order chi connectivity index (χ0) is 12.7. The van der Waals surface area contributed by atoms with E-state index in [9.17, 15) is 14.4 Å². The quantitative estimate of drug-likeness (QED) is 0.440. The van der Waals surface area contributed by atoms with E-state index in [1.165, 1.54) is 14.0 Å². The standard InChI is InChI=1S/C9H17N3O4/c1-5(10)8(14)12-6(9(15)16)3-4-7(13)11-2/h5-6H,3-4,10H2,1-2H3,(H,11,13)(H,12,14)(H,15,16)/t5-,6-/m0/s1. The molecule has 0 saturated heterocycles. The van der Waals surface area contributed by atoms with Crippen molar-refractivity contribution in [2.75, 3.05) is 7.05 Å². The minimum atomic E-state index is -1.18. The Morgan fingerprint density at radius 1 is 1.38 bits per heavy atom. The lowest BCUT2D eigenvalue weighted by molar-refractivity contribution is -0.142. The van der Waals surface area contributed by atoms with Crippen molar-refractivity contribution in [3.8, 4) is 0 Å². The maximum atomic E-state index is 11.2. The molecule has 7 heteroatoms. The van der Waals surface area contributed by atoms with Crippen molar-refractivity contribution in [1.82, 2.24) is 10.6 Å². The monoisotopic (exact) mass is 231 g/mol. The normalized spacial score (nSPS) is 13.7. The lowest BCUT2D eigenvalue weighted by atomic mass is 10.1. The third-order valence-corrected chi connectivity index (χ3v) is 1.97. The average Bonchev–Trinajstić information content (AvgIpc) is 2.22. The fraction of sp³-hybridized carbons (Fsp3) is 0.667. The highest BCUT2D eigenvalue weighted by atomic mass is 16.4. The molecule has 0 rings (SSSR count). The zero-order valence-electron chi connectivity index (χ0n) is 9.32. The van der Waals surface area contributed by atoms with Crippen LogP contribution in [0.5, 0.6) is 0 Å². The molecule has 0 saturated carbocycles. The second-order valence-electron chi connectivity index (χ2n) is 3.40. The number of hydrogen-bond acceptors (Lipinski definition) is 4. The highest BCUT2D eigenvalue weighted by Gasteiger charge is 2.21. The van der Waals surface area contributed by atoms with Crippen LogP contribution < -0.4 is 16.4 Å². The second-order valence-corrected chi connectivity index (χ2v) is 3.40. The molecule has 7 nitrogen and oxygen atoms in total. The molecule has 16 heavy (non-hydrogen) atoms. The number of aliphatic carboxylic acids is 1. The first-order valence-electron chi connectivity index (χ1n) is 4.87. The van der Waals surface area contributed by atoms with E-state index in [2.05, 4.69) is 10.6 Å². The van der Waals surface area contributed by atoms with Crippen molar-refractivity contribution < 1.29 is 19.5 Å². The molecule has 0 aromatic heterocycles. The lowest BCUT2D eigenvalue weighted by Gasteiger charge is -2.15. The third kappa shape index (κ3) is 5.30. The van der Waals surface area contributed by atoms with Crippen LogP contribution in [-0.2, 0) is 14.4 Å². The molecule has 0 bridgehead atoms. The molecule has 0 unspecified atom stereocenters. The Morgan fingerprint density at radius 2 is 1.94 bits per heavy atom. The van der Waals surface area contributed by atoms with Gasteiger partial charge in [0.25, 0.3) is 0 Å². The summed E-state index contributed by atoms with van der Waals surface area (Å²) in [6.07, 6.45) is 0.0696. The van der Waals surface area contributed by atoms with Gasteiger partial charge in [-0.1, -0.05) is 0 Å². The number of nitrogens with two attached hydrogens (primary N) is 1. The first-order valence-corrected chi connectivity index (χ1v) is 4.87. The molecule has 0 radical (unpaired) electrons. The van der Waals surface area contributed by atoms with Gasteiger partial charge in [-0.05, 0) is 13.3 Å². The number of nitrogens with one attached hydrogen (secondary N) is 2. The maximum Gasteiger partial charge on any atom is 0.326 e. The topological polar surface area (TPSA) is 122 Å². The number of hydrogen-bond donors (Lipinski definition) is 4. The zero-order valence-corrected chi connectivity index (χ0v) is 9.32. The van der Waals surface area contributed by atoms with Gasteiger partial charge in [0.15, 0.2) is 0 Å². The molecule has 0 aromatic carbocycles. The molecule has 0 spiro atoms. The average molecular weight is 231 g/mol. The number of amides is 2. The molecule has 0 heterocycles. The predicted molar refractivity (Wildman–Crippen MR) is 56.5 cm³/mol. The minimum Gasteiger partial charge on any atom is -0.480 e. The Balaban J connectivity index is 4.24. The Morgan fingerprint density at radius 3 is 2.31 bits per heavy atom. The van der Waals surface area contributed by atoms with Crippen LogP contribution in [0.3, 0.4) is 0 Å². The summed E-state index contributed by atoms with van der Waals surface area (Å²) in [5, 5.41) is 13.4. The molecule has 0 aliphatic rings. The van der Waals surface area contributed by atoms with Gasteiger partial charge in [-0.3, -0.25) is 9.59 Å². The van der Waals surface area contributed by atoms with Crippen molar-refractivity contribution in [3.63, 3.8) is 0 Å². The summed E-state index contributed by atoms with van der Waals surface area (Å²) in [6.45, 7) is 1.45. The van der Waals surface area contributed by atoms with Crippen LogP contribution in [-0.4, -0.2) is 42.0 Å². The smallest absolute Gasteiger partial charge is 0.326 e. The van der Waals surface area contributed by atoms with Crippen LogP contribution in [0, 0.1) is 0 Å². The van der Waals surface area contributed by atoms with Gasteiger partial charge in [-0.2, -0.15) is 0 Å². The predicted octanol–water partition coefficient (Wildman–Crippen LogP) is -1.57. The molecule has 2 atom stereocenters. The van der Waals surface area contributed by atoms with Gasteiger partial charge >= 0.3 is 5.97 Å². The molecule has 5 N–H and O–H groups in total. The Hall–Kier alpha value is -1.63. The summed E-state index contributed by atoms with van der Waals surface area (Å²) in [4.78, 5) is 32.9. The van der Waals surface area contributed by atoms with Crippen LogP contribution in [0.15, 0.2) is 0 Å². The van der Waals surface area contributed by atoms with Gasteiger partial charge < -0.3 is 21.5 Å². The van der Waals surface area contributed by atoms with Gasteiger partial charge in [0.05, 0.1) is 6.04 Å². The number of carbonyl (C=O) groups excluding carboxylic acids is 2. The van der Waals surface area contributed by atoms with E-state index >= 15 is 0 Å². The van der Waals surface area contributed by atoms with Crippen molar-refractivity contribution in [2.24, 2.45) is 5.73 Å². The number of carboxylic acids is 1. The van der Waals surface area contributed by atoms with E-state index in [4.69, 9.17) is 10.8 Å². The highest BCUT2D eigenvalue weighted by Crippen LogP contribution is 1.98. The largest absolute Gasteiger partial charge is 0.480 e. The maximum absolute atomic E-state index is 11.2. The summed E-state index contributed by atoms with van der Waals surface area (Å²) in [6, 6.07) is -1.86. The first-order chi connectivity index (χ1) is 7.38. The summed E-state index contributed by atoms with van der Waals surface area (Å²) < 4.78 is 0. The first kappa shape index (κ1) is 14.4. The van der Waals surface area contributed by atoms with Gasteiger partial charge in [0.1, 0.15) is 6.04 Å². The molecule has 0 aromatic rings. The summed E-state index contributed by atoms with van der Waals surface area (Å²) >= 11 is 0. The summed E-state index contributed by atoms with van der Waals surface area (Å²) in [5.74, 6) is -2.01. The molecule has 2 amide bonds. The van der Waals surface area contributed by atoms with Crippen molar-refractivity contribution >= 4 is 17.8 Å². The molecule has 0 aliphatic heterocycles. The molecular formula is C9H17N3O4. The number of carboxylic acid groups (broad SMARTS) is 1. The van der Waals surface area contributed by atoms with E-state index < -0.39 is 24.0 Å². The number of rotatable bonds is 6. The van der Waals surface area contributed by atoms with Crippen LogP contribution >= 0.6 is 0 Å². The van der Waals surface area contributed by atoms with Gasteiger partial charge in [0, 0.05) is 13.5 Å². The fourth-order valence-electron chi connectivity index (χ4n) is 0.961.